The molecular weight excluding hydrogens is 290 g/mol. The van der Waals surface area contributed by atoms with Crippen LogP contribution in [0.15, 0.2) is 6.20 Å². The Morgan fingerprint density at radius 3 is 2.71 bits per heavy atom. The minimum Gasteiger partial charge on any atom is -0.480 e. The van der Waals surface area contributed by atoms with E-state index in [0.29, 0.717) is 23.4 Å². The Morgan fingerprint density at radius 2 is 2.19 bits per heavy atom. The van der Waals surface area contributed by atoms with Gasteiger partial charge in [0.05, 0.1) is 16.6 Å². The number of nitrogens with zero attached hydrogens (tertiary/aromatic N) is 3. The summed E-state index contributed by atoms with van der Waals surface area (Å²) in [5, 5.41) is 13.6. The maximum Gasteiger partial charge on any atom is 0.327 e. The summed E-state index contributed by atoms with van der Waals surface area (Å²) >= 11 is 1.54. The largest absolute Gasteiger partial charge is 0.480 e. The van der Waals surface area contributed by atoms with Crippen molar-refractivity contribution in [1.29, 1.82) is 0 Å². The third kappa shape index (κ3) is 2.92. The van der Waals surface area contributed by atoms with E-state index in [9.17, 15) is 14.7 Å². The lowest BCUT2D eigenvalue weighted by molar-refractivity contribution is -0.141. The standard InChI is InChI=1S/C14H21N3O3S/c1-5-10-9(6-16(4)15-10)12(18)17-11(14(19)20)7-21-13(17)8(2)3/h6,8,11,13H,5,7H2,1-4H3,(H,19,20). The molecule has 0 aliphatic carbocycles. The predicted molar refractivity (Wildman–Crippen MR) is 81.3 cm³/mol. The van der Waals surface area contributed by atoms with Gasteiger partial charge in [0.15, 0.2) is 0 Å². The van der Waals surface area contributed by atoms with Gasteiger partial charge in [-0.1, -0.05) is 20.8 Å². The Kier molecular flexibility index (Phi) is 4.61. The van der Waals surface area contributed by atoms with Crippen LogP contribution in [-0.2, 0) is 18.3 Å². The van der Waals surface area contributed by atoms with Crippen LogP contribution in [0.4, 0.5) is 0 Å². The summed E-state index contributed by atoms with van der Waals surface area (Å²) in [7, 11) is 1.77. The van der Waals surface area contributed by atoms with E-state index in [1.165, 1.54) is 16.7 Å². The molecular formula is C14H21N3O3S. The molecule has 21 heavy (non-hydrogen) atoms. The van der Waals surface area contributed by atoms with E-state index in [1.807, 2.05) is 20.8 Å². The fourth-order valence-corrected chi connectivity index (χ4v) is 4.07. The molecule has 1 saturated heterocycles. The third-order valence-electron chi connectivity index (χ3n) is 3.60. The lowest BCUT2D eigenvalue weighted by atomic mass is 10.1. The van der Waals surface area contributed by atoms with Crippen molar-refractivity contribution >= 4 is 23.6 Å². The minimum absolute atomic E-state index is 0.108. The van der Waals surface area contributed by atoms with Gasteiger partial charge in [-0.05, 0) is 12.3 Å². The highest BCUT2D eigenvalue weighted by Gasteiger charge is 2.43. The average molecular weight is 311 g/mol. The van der Waals surface area contributed by atoms with Crippen molar-refractivity contribution < 1.29 is 14.7 Å². The number of carbonyl (C=O) groups excluding carboxylic acids is 1. The number of amides is 1. The summed E-state index contributed by atoms with van der Waals surface area (Å²) in [6, 6.07) is -0.764. The maximum atomic E-state index is 12.9. The molecule has 0 radical (unpaired) electrons. The molecule has 0 saturated carbocycles. The molecule has 2 atom stereocenters. The molecule has 6 nitrogen and oxygen atoms in total. The second kappa shape index (κ2) is 6.09. The number of carboxylic acid groups (broad SMARTS) is 1. The molecule has 0 aromatic carbocycles. The van der Waals surface area contributed by atoms with Crippen molar-refractivity contribution in [2.24, 2.45) is 13.0 Å². The quantitative estimate of drug-likeness (QED) is 0.914. The average Bonchev–Trinajstić information content (AvgIpc) is 3.00. The van der Waals surface area contributed by atoms with E-state index in [2.05, 4.69) is 5.10 Å². The molecule has 7 heteroatoms. The smallest absolute Gasteiger partial charge is 0.327 e. The highest BCUT2D eigenvalue weighted by Crippen LogP contribution is 2.35. The molecule has 1 aromatic heterocycles. The second-order valence-electron chi connectivity index (χ2n) is 5.55. The van der Waals surface area contributed by atoms with Gasteiger partial charge < -0.3 is 10.0 Å². The van der Waals surface area contributed by atoms with E-state index in [-0.39, 0.29) is 17.2 Å². The van der Waals surface area contributed by atoms with Crippen molar-refractivity contribution in [1.82, 2.24) is 14.7 Å². The van der Waals surface area contributed by atoms with E-state index in [1.54, 1.807) is 17.9 Å². The number of carboxylic acids is 1. The molecule has 2 rings (SSSR count). The van der Waals surface area contributed by atoms with Crippen LogP contribution in [0.25, 0.3) is 0 Å². The summed E-state index contributed by atoms with van der Waals surface area (Å²) in [6.07, 6.45) is 2.33. The van der Waals surface area contributed by atoms with Crippen LogP contribution < -0.4 is 0 Å². The first-order chi connectivity index (χ1) is 9.86. The number of aliphatic carboxylic acids is 1. The molecule has 1 fully saturated rings. The minimum atomic E-state index is -0.944. The van der Waals surface area contributed by atoms with Crippen LogP contribution in [0.5, 0.6) is 0 Å². The van der Waals surface area contributed by atoms with E-state index < -0.39 is 12.0 Å². The Bertz CT molecular complexity index is 556. The van der Waals surface area contributed by atoms with Gasteiger partial charge in [-0.25, -0.2) is 4.79 Å². The zero-order valence-corrected chi connectivity index (χ0v) is 13.6. The van der Waals surface area contributed by atoms with Gasteiger partial charge in [0.2, 0.25) is 0 Å². The van der Waals surface area contributed by atoms with Gasteiger partial charge >= 0.3 is 5.97 Å². The van der Waals surface area contributed by atoms with Crippen molar-refractivity contribution in [3.05, 3.63) is 17.5 Å². The number of carbonyl (C=O) groups is 2. The zero-order valence-electron chi connectivity index (χ0n) is 12.7. The Labute approximate surface area is 128 Å². The first-order valence-corrected chi connectivity index (χ1v) is 8.11. The Balaban J connectivity index is 2.39. The normalized spacial score (nSPS) is 22.0. The SMILES string of the molecule is CCc1nn(C)cc1C(=O)N1C(C(=O)O)CSC1C(C)C. The summed E-state index contributed by atoms with van der Waals surface area (Å²) in [4.78, 5) is 25.8. The summed E-state index contributed by atoms with van der Waals surface area (Å²) in [5.74, 6) is -0.534. The first kappa shape index (κ1) is 15.9. The lowest BCUT2D eigenvalue weighted by Crippen LogP contribution is -2.47. The molecule has 1 aromatic rings. The number of thioether (sulfide) groups is 1. The second-order valence-corrected chi connectivity index (χ2v) is 6.70. The van der Waals surface area contributed by atoms with Gasteiger partial charge in [0.1, 0.15) is 6.04 Å². The Hall–Kier alpha value is -1.50. The van der Waals surface area contributed by atoms with Gasteiger partial charge in [0.25, 0.3) is 5.91 Å². The van der Waals surface area contributed by atoms with Crippen molar-refractivity contribution in [2.45, 2.75) is 38.6 Å². The predicted octanol–water partition coefficient (Wildman–Crippen LogP) is 1.61. The molecule has 0 bridgehead atoms. The van der Waals surface area contributed by atoms with Gasteiger partial charge in [-0.2, -0.15) is 5.10 Å². The van der Waals surface area contributed by atoms with E-state index in [4.69, 9.17) is 0 Å². The van der Waals surface area contributed by atoms with Gasteiger partial charge in [0, 0.05) is 19.0 Å². The number of hydrogen-bond acceptors (Lipinski definition) is 4. The van der Waals surface area contributed by atoms with Crippen LogP contribution in [0.2, 0.25) is 0 Å². The van der Waals surface area contributed by atoms with Crippen molar-refractivity contribution in [3.63, 3.8) is 0 Å². The molecule has 116 valence electrons. The summed E-state index contributed by atoms with van der Waals surface area (Å²) in [6.45, 7) is 5.95. The molecule has 0 spiro atoms. The third-order valence-corrected chi connectivity index (χ3v) is 5.22. The van der Waals surface area contributed by atoms with Crippen LogP contribution in [0.1, 0.15) is 36.8 Å². The Morgan fingerprint density at radius 1 is 1.52 bits per heavy atom. The van der Waals surface area contributed by atoms with Crippen molar-refractivity contribution in [2.75, 3.05) is 5.75 Å². The molecule has 1 N–H and O–H groups in total. The fourth-order valence-electron chi connectivity index (χ4n) is 2.60. The van der Waals surface area contributed by atoms with Crippen molar-refractivity contribution in [3.8, 4) is 0 Å². The summed E-state index contributed by atoms with van der Waals surface area (Å²) < 4.78 is 1.61. The van der Waals surface area contributed by atoms with Gasteiger partial charge in [-0.15, -0.1) is 11.8 Å². The lowest BCUT2D eigenvalue weighted by Gasteiger charge is -2.29. The maximum absolute atomic E-state index is 12.9. The number of rotatable bonds is 4. The molecule has 1 amide bonds. The molecule has 2 heterocycles. The number of aromatic nitrogens is 2. The highest BCUT2D eigenvalue weighted by atomic mass is 32.2. The molecule has 2 unspecified atom stereocenters. The van der Waals surface area contributed by atoms with Gasteiger partial charge in [-0.3, -0.25) is 9.48 Å². The summed E-state index contributed by atoms with van der Waals surface area (Å²) in [5.41, 5.74) is 1.23. The monoisotopic (exact) mass is 311 g/mol. The van der Waals surface area contributed by atoms with E-state index in [0.717, 1.165) is 0 Å². The molecule has 1 aliphatic heterocycles. The first-order valence-electron chi connectivity index (χ1n) is 7.06. The number of aryl methyl sites for hydroxylation is 2. The molecule has 1 aliphatic rings. The van der Waals surface area contributed by atoms with Crippen LogP contribution in [0, 0.1) is 5.92 Å². The number of hydrogen-bond donors (Lipinski definition) is 1. The zero-order chi connectivity index (χ0) is 15.7. The highest BCUT2D eigenvalue weighted by molar-refractivity contribution is 8.00. The van der Waals surface area contributed by atoms with E-state index >= 15 is 0 Å². The van der Waals surface area contributed by atoms with Crippen LogP contribution in [0.3, 0.4) is 0 Å². The fraction of sp³-hybridized carbons (Fsp3) is 0.643. The van der Waals surface area contributed by atoms with Crippen LogP contribution in [-0.4, -0.2) is 48.8 Å². The topological polar surface area (TPSA) is 75.4 Å². The van der Waals surface area contributed by atoms with Crippen LogP contribution >= 0.6 is 11.8 Å².